The molecule has 2 aromatic carbocycles. The van der Waals surface area contributed by atoms with Gasteiger partial charge < -0.3 is 10.1 Å². The Hall–Kier alpha value is -2.18. The lowest BCUT2D eigenvalue weighted by molar-refractivity contribution is 0.102. The normalized spacial score (nSPS) is 11.3. The van der Waals surface area contributed by atoms with Gasteiger partial charge in [-0.2, -0.15) is 0 Å². The second-order valence-corrected chi connectivity index (χ2v) is 7.35. The number of carbonyl (C=O) groups is 1. The molecule has 1 amide bonds. The van der Waals surface area contributed by atoms with Gasteiger partial charge >= 0.3 is 0 Å². The summed E-state index contributed by atoms with van der Waals surface area (Å²) >= 11 is 0. The number of carbonyl (C=O) groups excluding carboxylic acids is 1. The Morgan fingerprint density at radius 1 is 1.13 bits per heavy atom. The van der Waals surface area contributed by atoms with Crippen molar-refractivity contribution in [2.45, 2.75) is 18.4 Å². The van der Waals surface area contributed by atoms with Gasteiger partial charge in [-0.05, 0) is 42.3 Å². The van der Waals surface area contributed by atoms with Gasteiger partial charge in [-0.1, -0.05) is 18.2 Å². The molecule has 0 aliphatic rings. The number of ether oxygens (including phenoxy) is 1. The van der Waals surface area contributed by atoms with Crippen LogP contribution in [0.3, 0.4) is 0 Å². The van der Waals surface area contributed by atoms with Gasteiger partial charge in [0, 0.05) is 24.6 Å². The Kier molecular flexibility index (Phi) is 5.18. The number of nitrogens with one attached hydrogen (secondary N) is 1. The molecule has 2 aromatic rings. The molecule has 0 saturated heterocycles. The number of hydrogen-bond donors (Lipinski definition) is 1. The maximum atomic E-state index is 12.3. The molecular weight excluding hydrogens is 314 g/mol. The zero-order valence-corrected chi connectivity index (χ0v) is 14.1. The van der Waals surface area contributed by atoms with Gasteiger partial charge in [0.05, 0.1) is 11.5 Å². The predicted octanol–water partition coefficient (Wildman–Crippen LogP) is 2.80. The number of anilines is 1. The molecule has 1 N–H and O–H groups in total. The summed E-state index contributed by atoms with van der Waals surface area (Å²) in [6.07, 6.45) is 1.14. The van der Waals surface area contributed by atoms with E-state index in [1.54, 1.807) is 25.3 Å². The van der Waals surface area contributed by atoms with Gasteiger partial charge in [0.1, 0.15) is 0 Å². The van der Waals surface area contributed by atoms with Crippen LogP contribution >= 0.6 is 0 Å². The van der Waals surface area contributed by atoms with Crippen molar-refractivity contribution in [3.8, 4) is 0 Å². The smallest absolute Gasteiger partial charge is 0.255 e. The molecular formula is C17H19NO4S. The average molecular weight is 333 g/mol. The molecule has 0 atom stereocenters. The van der Waals surface area contributed by atoms with Crippen molar-refractivity contribution in [2.75, 3.05) is 18.7 Å². The molecule has 0 heterocycles. The molecule has 2 rings (SSSR count). The van der Waals surface area contributed by atoms with Gasteiger partial charge in [-0.3, -0.25) is 4.79 Å². The van der Waals surface area contributed by atoms with E-state index in [1.165, 1.54) is 12.1 Å². The van der Waals surface area contributed by atoms with Gasteiger partial charge in [0.2, 0.25) is 0 Å². The van der Waals surface area contributed by atoms with E-state index in [2.05, 4.69) is 5.32 Å². The third-order valence-electron chi connectivity index (χ3n) is 3.41. The van der Waals surface area contributed by atoms with Crippen molar-refractivity contribution in [1.82, 2.24) is 0 Å². The average Bonchev–Trinajstić information content (AvgIpc) is 2.49. The van der Waals surface area contributed by atoms with Crippen LogP contribution in [0.5, 0.6) is 0 Å². The van der Waals surface area contributed by atoms with Crippen molar-refractivity contribution in [3.05, 3.63) is 59.2 Å². The number of rotatable bonds is 5. The number of benzene rings is 2. The number of hydrogen-bond acceptors (Lipinski definition) is 4. The van der Waals surface area contributed by atoms with Crippen molar-refractivity contribution in [2.24, 2.45) is 0 Å². The van der Waals surface area contributed by atoms with E-state index in [-0.39, 0.29) is 10.8 Å². The van der Waals surface area contributed by atoms with E-state index >= 15 is 0 Å². The molecule has 0 aromatic heterocycles. The highest BCUT2D eigenvalue weighted by atomic mass is 32.2. The van der Waals surface area contributed by atoms with E-state index in [9.17, 15) is 13.2 Å². The minimum Gasteiger partial charge on any atom is -0.380 e. The first kappa shape index (κ1) is 17.2. The first-order valence-corrected chi connectivity index (χ1v) is 8.90. The van der Waals surface area contributed by atoms with E-state index < -0.39 is 9.84 Å². The summed E-state index contributed by atoms with van der Waals surface area (Å²) in [6.45, 7) is 2.29. The number of methoxy groups -OCH3 is 1. The number of sulfone groups is 1. The minimum atomic E-state index is -3.32. The molecule has 6 heteroatoms. The summed E-state index contributed by atoms with van der Waals surface area (Å²) in [6, 6.07) is 11.7. The lowest BCUT2D eigenvalue weighted by Gasteiger charge is -2.10. The summed E-state index contributed by atoms with van der Waals surface area (Å²) in [5.41, 5.74) is 2.74. The number of aryl methyl sites for hydroxylation is 1. The molecule has 0 spiro atoms. The lowest BCUT2D eigenvalue weighted by atomic mass is 10.1. The first-order valence-electron chi connectivity index (χ1n) is 7.01. The fraction of sp³-hybridized carbons (Fsp3) is 0.235. The van der Waals surface area contributed by atoms with Gasteiger partial charge in [-0.25, -0.2) is 8.42 Å². The van der Waals surface area contributed by atoms with Crippen molar-refractivity contribution < 1.29 is 17.9 Å². The summed E-state index contributed by atoms with van der Waals surface area (Å²) in [5.74, 6) is -0.289. The molecule has 122 valence electrons. The molecule has 0 aliphatic heterocycles. The number of amides is 1. The zero-order chi connectivity index (χ0) is 17.0. The van der Waals surface area contributed by atoms with Crippen LogP contribution in [0.4, 0.5) is 5.69 Å². The first-order chi connectivity index (χ1) is 10.8. The van der Waals surface area contributed by atoms with Crippen LogP contribution in [-0.2, 0) is 21.2 Å². The van der Waals surface area contributed by atoms with E-state index in [4.69, 9.17) is 4.74 Å². The predicted molar refractivity (Wildman–Crippen MR) is 89.4 cm³/mol. The summed E-state index contributed by atoms with van der Waals surface area (Å²) < 4.78 is 28.3. The van der Waals surface area contributed by atoms with E-state index in [1.807, 2.05) is 19.1 Å². The van der Waals surface area contributed by atoms with Crippen LogP contribution in [0.1, 0.15) is 21.5 Å². The Labute approximate surface area is 136 Å². The van der Waals surface area contributed by atoms with Crippen molar-refractivity contribution in [3.63, 3.8) is 0 Å². The van der Waals surface area contributed by atoms with Crippen LogP contribution in [0.25, 0.3) is 0 Å². The van der Waals surface area contributed by atoms with Crippen LogP contribution in [0.15, 0.2) is 47.4 Å². The maximum Gasteiger partial charge on any atom is 0.255 e. The Bertz CT molecular complexity index is 811. The summed E-state index contributed by atoms with van der Waals surface area (Å²) in [7, 11) is -1.71. The molecule has 0 aliphatic carbocycles. The van der Waals surface area contributed by atoms with Crippen LogP contribution in [0, 0.1) is 6.92 Å². The summed E-state index contributed by atoms with van der Waals surface area (Å²) in [4.78, 5) is 12.5. The second kappa shape index (κ2) is 6.93. The fourth-order valence-corrected chi connectivity index (χ4v) is 2.73. The lowest BCUT2D eigenvalue weighted by Crippen LogP contribution is -2.13. The monoisotopic (exact) mass is 333 g/mol. The molecule has 0 saturated carbocycles. The standard InChI is InChI=1S/C17H19NO4S/c1-12-4-9-15(23(3,20)21)10-16(12)18-17(19)14-7-5-13(6-8-14)11-22-2/h4-10H,11H2,1-3H3,(H,18,19). The summed E-state index contributed by atoms with van der Waals surface area (Å²) in [5, 5.41) is 2.76. The molecule has 5 nitrogen and oxygen atoms in total. The van der Waals surface area contributed by atoms with Crippen LogP contribution < -0.4 is 5.32 Å². The third-order valence-corrected chi connectivity index (χ3v) is 4.52. The molecule has 0 unspecified atom stereocenters. The fourth-order valence-electron chi connectivity index (χ4n) is 2.08. The molecule has 0 radical (unpaired) electrons. The Morgan fingerprint density at radius 3 is 2.35 bits per heavy atom. The minimum absolute atomic E-state index is 0.175. The Morgan fingerprint density at radius 2 is 1.78 bits per heavy atom. The topological polar surface area (TPSA) is 72.5 Å². The zero-order valence-electron chi connectivity index (χ0n) is 13.3. The van der Waals surface area contributed by atoms with Gasteiger partial charge in [0.15, 0.2) is 9.84 Å². The highest BCUT2D eigenvalue weighted by Gasteiger charge is 2.12. The third kappa shape index (κ3) is 4.40. The van der Waals surface area contributed by atoms with Gasteiger partial charge in [0.25, 0.3) is 5.91 Å². The highest BCUT2D eigenvalue weighted by Crippen LogP contribution is 2.21. The molecule has 0 bridgehead atoms. The largest absolute Gasteiger partial charge is 0.380 e. The molecule has 23 heavy (non-hydrogen) atoms. The maximum absolute atomic E-state index is 12.3. The van der Waals surface area contributed by atoms with Crippen LogP contribution in [0.2, 0.25) is 0 Å². The second-order valence-electron chi connectivity index (χ2n) is 5.33. The van der Waals surface area contributed by atoms with Gasteiger partial charge in [-0.15, -0.1) is 0 Å². The quantitative estimate of drug-likeness (QED) is 0.913. The SMILES string of the molecule is COCc1ccc(C(=O)Nc2cc(S(C)(=O)=O)ccc2C)cc1. The van der Waals surface area contributed by atoms with E-state index in [0.29, 0.717) is 17.9 Å². The molecule has 0 fully saturated rings. The van der Waals surface area contributed by atoms with Crippen molar-refractivity contribution >= 4 is 21.4 Å². The van der Waals surface area contributed by atoms with Crippen LogP contribution in [-0.4, -0.2) is 27.7 Å². The van der Waals surface area contributed by atoms with E-state index in [0.717, 1.165) is 17.4 Å². The van der Waals surface area contributed by atoms with Crippen molar-refractivity contribution in [1.29, 1.82) is 0 Å². The Balaban J connectivity index is 2.23. The highest BCUT2D eigenvalue weighted by molar-refractivity contribution is 7.90.